The van der Waals surface area contributed by atoms with Gasteiger partial charge in [-0.1, -0.05) is 202 Å². The summed E-state index contributed by atoms with van der Waals surface area (Å²) in [6.07, 6.45) is 45.1. The zero-order valence-electron chi connectivity index (χ0n) is 47.2. The molecule has 9 N–H and O–H groups in total. The number of unbranched alkanes of at least 4 members (excludes halogenated alkanes) is 24. The van der Waals surface area contributed by atoms with Crippen molar-refractivity contribution in [1.82, 2.24) is 5.32 Å². The quantitative estimate of drug-likeness (QED) is 0.0204. The summed E-state index contributed by atoms with van der Waals surface area (Å²) in [7, 11) is 0. The smallest absolute Gasteiger partial charge is 0.220 e. The third kappa shape index (κ3) is 32.5. The maximum absolute atomic E-state index is 13.2. The molecule has 0 bridgehead atoms. The molecule has 0 saturated carbocycles. The summed E-state index contributed by atoms with van der Waals surface area (Å²) in [4.78, 5) is 13.2. The molecule has 2 fully saturated rings. The van der Waals surface area contributed by atoms with Crippen molar-refractivity contribution in [2.24, 2.45) is 0 Å². The van der Waals surface area contributed by atoms with E-state index in [1.807, 2.05) is 6.08 Å². The Kier molecular flexibility index (Phi) is 43.2. The Balaban J connectivity index is 1.80. The number of rotatable bonds is 47. The summed E-state index contributed by atoms with van der Waals surface area (Å²) < 4.78 is 22.7. The lowest BCUT2D eigenvalue weighted by atomic mass is 9.97. The fourth-order valence-electron chi connectivity index (χ4n) is 9.45. The highest BCUT2D eigenvalue weighted by Gasteiger charge is 2.51. The predicted molar refractivity (Wildman–Crippen MR) is 304 cm³/mol. The molecule has 2 heterocycles. The summed E-state index contributed by atoms with van der Waals surface area (Å²) in [5.41, 5.74) is 0. The number of aliphatic hydroxyl groups is 8. The van der Waals surface area contributed by atoms with E-state index in [4.69, 9.17) is 18.9 Å². The molecule has 12 atom stereocenters. The third-order valence-electron chi connectivity index (χ3n) is 14.3. The average molecular weight is 1080 g/mol. The van der Waals surface area contributed by atoms with Crippen LogP contribution in [-0.4, -0.2) is 140 Å². The minimum absolute atomic E-state index is 0.252. The van der Waals surface area contributed by atoms with E-state index in [0.717, 1.165) is 77.0 Å². The Morgan fingerprint density at radius 2 is 0.882 bits per heavy atom. The molecule has 76 heavy (non-hydrogen) atoms. The molecule has 2 aliphatic heterocycles. The number of hydrogen-bond acceptors (Lipinski definition) is 13. The van der Waals surface area contributed by atoms with Crippen LogP contribution in [0.3, 0.4) is 0 Å². The van der Waals surface area contributed by atoms with E-state index in [9.17, 15) is 45.6 Å². The molecule has 2 aliphatic rings. The molecule has 1 amide bonds. The highest BCUT2D eigenvalue weighted by molar-refractivity contribution is 5.76. The first-order valence-electron chi connectivity index (χ1n) is 30.2. The summed E-state index contributed by atoms with van der Waals surface area (Å²) in [5, 5.41) is 87.1. The van der Waals surface area contributed by atoms with E-state index < -0.39 is 86.8 Å². The minimum Gasteiger partial charge on any atom is -0.394 e. The molecule has 440 valence electrons. The number of amides is 1. The van der Waals surface area contributed by atoms with Gasteiger partial charge >= 0.3 is 0 Å². The second-order valence-corrected chi connectivity index (χ2v) is 21.1. The SMILES string of the molecule is CCCCC/C=C\C/C=C\C/C=C\CCCCCCCCC(=O)NC(COC1OC(CO)C(OC2OC(CO)C(O)C(O)C2O)C(O)C1O)C(O)/C=C/CC/C=C/CC/C=C/CCCCCCCCCCCCCCC. The van der Waals surface area contributed by atoms with Crippen molar-refractivity contribution >= 4 is 5.91 Å². The topological polar surface area (TPSA) is 228 Å². The summed E-state index contributed by atoms with van der Waals surface area (Å²) in [6.45, 7) is 2.74. The number of ether oxygens (including phenoxy) is 4. The fraction of sp³-hybridized carbons (Fsp3) is 0.790. The minimum atomic E-state index is -1.80. The van der Waals surface area contributed by atoms with E-state index >= 15 is 0 Å². The van der Waals surface area contributed by atoms with Gasteiger partial charge < -0.3 is 65.1 Å². The van der Waals surface area contributed by atoms with Crippen molar-refractivity contribution in [2.45, 2.75) is 293 Å². The van der Waals surface area contributed by atoms with Crippen LogP contribution in [0.15, 0.2) is 72.9 Å². The largest absolute Gasteiger partial charge is 0.394 e. The zero-order valence-corrected chi connectivity index (χ0v) is 47.2. The standard InChI is InChI=1S/C62H109NO13/c1-3-5-7-9-11-13-15-17-19-21-23-24-25-26-28-29-31-33-35-37-39-41-43-45-51(66)50(63-54(67)46-44-42-40-38-36-34-32-30-27-22-20-18-16-14-12-10-8-6-4-2)49-73-61-59(72)57(70)60(53(48-65)75-61)76-62-58(71)56(69)55(68)52(47-64)74-62/h12,14,18,20,27-30,35,37,43,45,50-53,55-62,64-66,68-72H,3-11,13,15-17,19,21-26,31-34,36,38-42,44,46-49H2,1-2H3,(H,63,67)/b14-12-,20-18-,29-28+,30-27-,37-35+,45-43+. The fourth-order valence-corrected chi connectivity index (χ4v) is 9.45. The average Bonchev–Trinajstić information content (AvgIpc) is 3.42. The second-order valence-electron chi connectivity index (χ2n) is 21.1. The number of carbonyl (C=O) groups is 1. The van der Waals surface area contributed by atoms with E-state index in [1.165, 1.54) is 109 Å². The molecule has 14 nitrogen and oxygen atoms in total. The number of hydrogen-bond donors (Lipinski definition) is 9. The first-order chi connectivity index (χ1) is 37.1. The molecule has 0 aliphatic carbocycles. The number of carbonyl (C=O) groups excluding carboxylic acids is 1. The van der Waals surface area contributed by atoms with Crippen LogP contribution in [0.1, 0.15) is 219 Å². The Hall–Kier alpha value is -2.57. The molecule has 0 aromatic rings. The van der Waals surface area contributed by atoms with Gasteiger partial charge in [0.2, 0.25) is 5.91 Å². The maximum atomic E-state index is 13.2. The molecule has 2 rings (SSSR count). The Labute approximate surface area is 459 Å². The van der Waals surface area contributed by atoms with Crippen LogP contribution in [0, 0.1) is 0 Å². The molecular weight excluding hydrogens is 967 g/mol. The van der Waals surface area contributed by atoms with Gasteiger partial charge in [-0.3, -0.25) is 4.79 Å². The van der Waals surface area contributed by atoms with Crippen molar-refractivity contribution in [1.29, 1.82) is 0 Å². The lowest BCUT2D eigenvalue weighted by Gasteiger charge is -2.46. The van der Waals surface area contributed by atoms with Crippen molar-refractivity contribution in [3.63, 3.8) is 0 Å². The van der Waals surface area contributed by atoms with Crippen LogP contribution in [0.25, 0.3) is 0 Å². The molecule has 0 radical (unpaired) electrons. The summed E-state index contributed by atoms with van der Waals surface area (Å²) in [6, 6.07) is -0.949. The van der Waals surface area contributed by atoms with Gasteiger partial charge in [0.15, 0.2) is 12.6 Å². The van der Waals surface area contributed by atoms with Crippen molar-refractivity contribution in [2.75, 3.05) is 19.8 Å². The zero-order chi connectivity index (χ0) is 55.3. The number of nitrogens with one attached hydrogen (secondary N) is 1. The van der Waals surface area contributed by atoms with Gasteiger partial charge in [-0.15, -0.1) is 0 Å². The highest BCUT2D eigenvalue weighted by Crippen LogP contribution is 2.30. The van der Waals surface area contributed by atoms with Crippen LogP contribution in [-0.2, 0) is 23.7 Å². The lowest BCUT2D eigenvalue weighted by molar-refractivity contribution is -0.359. The lowest BCUT2D eigenvalue weighted by Crippen LogP contribution is -2.65. The molecular formula is C62H109NO13. The number of aliphatic hydroxyl groups excluding tert-OH is 8. The van der Waals surface area contributed by atoms with Gasteiger partial charge in [0, 0.05) is 6.42 Å². The monoisotopic (exact) mass is 1080 g/mol. The van der Waals surface area contributed by atoms with Gasteiger partial charge in [0.05, 0.1) is 32.0 Å². The Morgan fingerprint density at radius 1 is 0.474 bits per heavy atom. The van der Waals surface area contributed by atoms with Crippen LogP contribution >= 0.6 is 0 Å². The van der Waals surface area contributed by atoms with E-state index in [0.29, 0.717) is 12.8 Å². The Morgan fingerprint density at radius 3 is 1.41 bits per heavy atom. The second kappa shape index (κ2) is 47.3. The van der Waals surface area contributed by atoms with E-state index in [1.54, 1.807) is 6.08 Å². The van der Waals surface area contributed by atoms with Crippen molar-refractivity contribution in [3.05, 3.63) is 72.9 Å². The first-order valence-corrected chi connectivity index (χ1v) is 30.2. The Bertz CT molecular complexity index is 1550. The van der Waals surface area contributed by atoms with Gasteiger partial charge in [0.25, 0.3) is 0 Å². The third-order valence-corrected chi connectivity index (χ3v) is 14.3. The van der Waals surface area contributed by atoms with Gasteiger partial charge in [-0.05, 0) is 83.5 Å². The highest BCUT2D eigenvalue weighted by atomic mass is 16.7. The van der Waals surface area contributed by atoms with Crippen LogP contribution in [0.4, 0.5) is 0 Å². The molecule has 14 heteroatoms. The van der Waals surface area contributed by atoms with Crippen LogP contribution in [0.5, 0.6) is 0 Å². The van der Waals surface area contributed by atoms with E-state index in [-0.39, 0.29) is 18.9 Å². The van der Waals surface area contributed by atoms with Crippen LogP contribution < -0.4 is 5.32 Å². The summed E-state index contributed by atoms with van der Waals surface area (Å²) >= 11 is 0. The number of allylic oxidation sites excluding steroid dienone is 11. The molecule has 0 aromatic heterocycles. The molecule has 0 spiro atoms. The van der Waals surface area contributed by atoms with Crippen LogP contribution in [0.2, 0.25) is 0 Å². The molecule has 12 unspecified atom stereocenters. The van der Waals surface area contributed by atoms with Crippen molar-refractivity contribution < 1.29 is 64.6 Å². The molecule has 0 aromatic carbocycles. The maximum Gasteiger partial charge on any atom is 0.220 e. The predicted octanol–water partition coefficient (Wildman–Crippen LogP) is 10.3. The van der Waals surface area contributed by atoms with Crippen molar-refractivity contribution in [3.8, 4) is 0 Å². The van der Waals surface area contributed by atoms with Gasteiger partial charge in [-0.25, -0.2) is 0 Å². The first kappa shape index (κ1) is 69.5. The van der Waals surface area contributed by atoms with E-state index in [2.05, 4.69) is 79.9 Å². The molecule has 2 saturated heterocycles. The summed E-state index contributed by atoms with van der Waals surface area (Å²) in [5.74, 6) is -0.268. The van der Waals surface area contributed by atoms with Gasteiger partial charge in [0.1, 0.15) is 48.8 Å². The normalized spacial score (nSPS) is 25.4. The van der Waals surface area contributed by atoms with Gasteiger partial charge in [-0.2, -0.15) is 0 Å².